The molecular formula is C16H15FOS. The van der Waals surface area contributed by atoms with Gasteiger partial charge in [0.1, 0.15) is 5.82 Å². The van der Waals surface area contributed by atoms with E-state index in [0.717, 1.165) is 30.4 Å². The van der Waals surface area contributed by atoms with Gasteiger partial charge in [0.15, 0.2) is 5.78 Å². The smallest absolute Gasteiger partial charge is 0.170 e. The van der Waals surface area contributed by atoms with Gasteiger partial charge in [0, 0.05) is 16.4 Å². The van der Waals surface area contributed by atoms with Crippen molar-refractivity contribution < 1.29 is 9.18 Å². The van der Waals surface area contributed by atoms with Crippen LogP contribution in [-0.4, -0.2) is 5.78 Å². The molecule has 19 heavy (non-hydrogen) atoms. The van der Waals surface area contributed by atoms with E-state index in [1.165, 1.54) is 17.0 Å². The van der Waals surface area contributed by atoms with Crippen molar-refractivity contribution in [2.24, 2.45) is 0 Å². The molecule has 1 unspecified atom stereocenters. The maximum absolute atomic E-state index is 13.4. The highest BCUT2D eigenvalue weighted by atomic mass is 32.1. The summed E-state index contributed by atoms with van der Waals surface area (Å²) in [5, 5.41) is 2.05. The number of hydrogen-bond donors (Lipinski definition) is 0. The molecule has 1 aromatic heterocycles. The monoisotopic (exact) mass is 274 g/mol. The average molecular weight is 274 g/mol. The molecule has 0 radical (unpaired) electrons. The topological polar surface area (TPSA) is 17.1 Å². The van der Waals surface area contributed by atoms with Gasteiger partial charge in [-0.05, 0) is 60.9 Å². The van der Waals surface area contributed by atoms with Crippen LogP contribution in [0.2, 0.25) is 0 Å². The van der Waals surface area contributed by atoms with Crippen LogP contribution in [0.4, 0.5) is 4.39 Å². The molecule has 0 amide bonds. The first-order valence-corrected chi connectivity index (χ1v) is 7.41. The van der Waals surface area contributed by atoms with Crippen LogP contribution in [0.1, 0.15) is 45.1 Å². The number of benzene rings is 1. The number of rotatable bonds is 2. The lowest BCUT2D eigenvalue weighted by Gasteiger charge is -2.22. The molecule has 0 aliphatic heterocycles. The number of carbonyl (C=O) groups excluding carboxylic acids is 1. The predicted molar refractivity (Wildman–Crippen MR) is 75.5 cm³/mol. The molecule has 0 saturated carbocycles. The van der Waals surface area contributed by atoms with Gasteiger partial charge in [-0.15, -0.1) is 11.3 Å². The van der Waals surface area contributed by atoms with Gasteiger partial charge in [0.2, 0.25) is 0 Å². The summed E-state index contributed by atoms with van der Waals surface area (Å²) in [4.78, 5) is 14.0. The van der Waals surface area contributed by atoms with Crippen molar-refractivity contribution in [2.75, 3.05) is 0 Å². The lowest BCUT2D eigenvalue weighted by molar-refractivity contribution is 0.0950. The minimum atomic E-state index is -0.338. The second-order valence-electron chi connectivity index (χ2n) is 5.07. The summed E-state index contributed by atoms with van der Waals surface area (Å²) < 4.78 is 13.4. The summed E-state index contributed by atoms with van der Waals surface area (Å²) in [5.74, 6) is -0.359. The zero-order valence-electron chi connectivity index (χ0n) is 10.8. The SMILES string of the molecule is Cc1ccc(F)cc1C(=O)C1CCCc2sccc21. The molecule has 1 heterocycles. The Bertz CT molecular complexity index is 629. The van der Waals surface area contributed by atoms with E-state index in [1.54, 1.807) is 17.4 Å². The fourth-order valence-electron chi connectivity index (χ4n) is 2.81. The lowest BCUT2D eigenvalue weighted by atomic mass is 9.81. The highest BCUT2D eigenvalue weighted by Gasteiger charge is 2.28. The third-order valence-electron chi connectivity index (χ3n) is 3.83. The second-order valence-corrected chi connectivity index (χ2v) is 6.07. The standard InChI is InChI=1S/C16H15FOS/c1-10-5-6-11(17)9-14(10)16(18)13-3-2-4-15-12(13)7-8-19-15/h5-9,13H,2-4H2,1H3. The van der Waals surface area contributed by atoms with Gasteiger partial charge < -0.3 is 0 Å². The van der Waals surface area contributed by atoms with Gasteiger partial charge >= 0.3 is 0 Å². The van der Waals surface area contributed by atoms with Gasteiger partial charge in [-0.1, -0.05) is 6.07 Å². The number of thiophene rings is 1. The van der Waals surface area contributed by atoms with Crippen LogP contribution in [0.3, 0.4) is 0 Å². The van der Waals surface area contributed by atoms with Crippen LogP contribution in [0.25, 0.3) is 0 Å². The fourth-order valence-corrected chi connectivity index (χ4v) is 3.79. The molecule has 0 fully saturated rings. The van der Waals surface area contributed by atoms with Gasteiger partial charge in [-0.25, -0.2) is 4.39 Å². The highest BCUT2D eigenvalue weighted by Crippen LogP contribution is 2.37. The molecule has 2 aromatic rings. The van der Waals surface area contributed by atoms with E-state index in [1.807, 2.05) is 6.92 Å². The zero-order chi connectivity index (χ0) is 13.4. The molecule has 1 atom stereocenters. The Kier molecular flexibility index (Phi) is 3.23. The van der Waals surface area contributed by atoms with Crippen LogP contribution in [-0.2, 0) is 6.42 Å². The molecule has 0 saturated heterocycles. The largest absolute Gasteiger partial charge is 0.293 e. The van der Waals surface area contributed by atoms with E-state index in [0.29, 0.717) is 5.56 Å². The van der Waals surface area contributed by atoms with E-state index in [9.17, 15) is 9.18 Å². The predicted octanol–water partition coefficient (Wildman–Crippen LogP) is 4.50. The molecule has 3 heteroatoms. The minimum absolute atomic E-state index is 0.0661. The van der Waals surface area contributed by atoms with Gasteiger partial charge in [-0.3, -0.25) is 4.79 Å². The Hall–Kier alpha value is -1.48. The average Bonchev–Trinajstić information content (AvgIpc) is 2.89. The van der Waals surface area contributed by atoms with E-state index < -0.39 is 0 Å². The Balaban J connectivity index is 2.00. The maximum atomic E-state index is 13.4. The molecular weight excluding hydrogens is 259 g/mol. The third-order valence-corrected chi connectivity index (χ3v) is 4.83. The number of halogens is 1. The molecule has 1 aliphatic rings. The Morgan fingerprint density at radius 3 is 3.05 bits per heavy atom. The summed E-state index contributed by atoms with van der Waals surface area (Å²) in [6.07, 6.45) is 2.98. The quantitative estimate of drug-likeness (QED) is 0.737. The second kappa shape index (κ2) is 4.89. The summed E-state index contributed by atoms with van der Waals surface area (Å²) >= 11 is 1.72. The molecule has 0 spiro atoms. The molecule has 1 nitrogen and oxygen atoms in total. The van der Waals surface area contributed by atoms with Crippen LogP contribution < -0.4 is 0 Å². The van der Waals surface area contributed by atoms with Crippen molar-refractivity contribution in [3.63, 3.8) is 0 Å². The number of hydrogen-bond acceptors (Lipinski definition) is 2. The number of fused-ring (bicyclic) bond motifs is 1. The first-order valence-electron chi connectivity index (χ1n) is 6.53. The Labute approximate surface area is 116 Å². The molecule has 1 aromatic carbocycles. The number of ketones is 1. The molecule has 1 aliphatic carbocycles. The first-order chi connectivity index (χ1) is 9.16. The van der Waals surface area contributed by atoms with Gasteiger partial charge in [0.05, 0.1) is 0 Å². The van der Waals surface area contributed by atoms with Crippen LogP contribution in [0, 0.1) is 12.7 Å². The zero-order valence-corrected chi connectivity index (χ0v) is 11.6. The normalized spacial score (nSPS) is 18.1. The van der Waals surface area contributed by atoms with Crippen molar-refractivity contribution in [1.29, 1.82) is 0 Å². The van der Waals surface area contributed by atoms with Crippen molar-refractivity contribution in [3.05, 3.63) is 57.0 Å². The summed E-state index contributed by atoms with van der Waals surface area (Å²) in [6, 6.07) is 6.51. The number of Topliss-reactive ketones (excluding diaryl/α,β-unsaturated/α-hetero) is 1. The van der Waals surface area contributed by atoms with Crippen molar-refractivity contribution in [3.8, 4) is 0 Å². The first kappa shape index (κ1) is 12.5. The van der Waals surface area contributed by atoms with Crippen molar-refractivity contribution in [2.45, 2.75) is 32.1 Å². The van der Waals surface area contributed by atoms with E-state index in [2.05, 4.69) is 11.4 Å². The number of carbonyl (C=O) groups is 1. The minimum Gasteiger partial charge on any atom is -0.293 e. The molecule has 98 valence electrons. The fraction of sp³-hybridized carbons (Fsp3) is 0.312. The maximum Gasteiger partial charge on any atom is 0.170 e. The lowest BCUT2D eigenvalue weighted by Crippen LogP contribution is -2.18. The summed E-state index contributed by atoms with van der Waals surface area (Å²) in [7, 11) is 0. The van der Waals surface area contributed by atoms with E-state index in [-0.39, 0.29) is 17.5 Å². The van der Waals surface area contributed by atoms with Crippen molar-refractivity contribution in [1.82, 2.24) is 0 Å². The Morgan fingerprint density at radius 1 is 1.37 bits per heavy atom. The molecule has 0 N–H and O–H groups in total. The summed E-state index contributed by atoms with van der Waals surface area (Å²) in [6.45, 7) is 1.87. The van der Waals surface area contributed by atoms with Gasteiger partial charge in [-0.2, -0.15) is 0 Å². The van der Waals surface area contributed by atoms with Crippen LogP contribution in [0.5, 0.6) is 0 Å². The van der Waals surface area contributed by atoms with Gasteiger partial charge in [0.25, 0.3) is 0 Å². The highest BCUT2D eigenvalue weighted by molar-refractivity contribution is 7.10. The van der Waals surface area contributed by atoms with Crippen molar-refractivity contribution >= 4 is 17.1 Å². The van der Waals surface area contributed by atoms with E-state index >= 15 is 0 Å². The molecule has 0 bridgehead atoms. The third kappa shape index (κ3) is 2.23. The van der Waals surface area contributed by atoms with Crippen LogP contribution >= 0.6 is 11.3 Å². The van der Waals surface area contributed by atoms with E-state index in [4.69, 9.17) is 0 Å². The Morgan fingerprint density at radius 2 is 2.21 bits per heavy atom. The van der Waals surface area contributed by atoms with Crippen LogP contribution in [0.15, 0.2) is 29.6 Å². The summed E-state index contributed by atoms with van der Waals surface area (Å²) in [5.41, 5.74) is 2.54. The number of aryl methyl sites for hydroxylation is 2. The molecule has 3 rings (SSSR count).